The summed E-state index contributed by atoms with van der Waals surface area (Å²) in [5, 5.41) is 3.63. The third-order valence-corrected chi connectivity index (χ3v) is 5.37. The molecule has 24 heavy (non-hydrogen) atoms. The summed E-state index contributed by atoms with van der Waals surface area (Å²) in [6.07, 6.45) is 6.79. The molecule has 0 spiro atoms. The molecule has 1 aliphatic rings. The lowest BCUT2D eigenvalue weighted by molar-refractivity contribution is -0.122. The van der Waals surface area contributed by atoms with Crippen LogP contribution in [0.1, 0.15) is 19.3 Å². The quantitative estimate of drug-likeness (QED) is 0.783. The minimum absolute atomic E-state index is 0.0843. The Morgan fingerprint density at radius 3 is 2.71 bits per heavy atom. The van der Waals surface area contributed by atoms with Crippen LogP contribution >= 0.6 is 11.3 Å². The van der Waals surface area contributed by atoms with E-state index in [2.05, 4.69) is 10.3 Å². The number of benzene rings is 1. The molecular formula is C18H18N4OS. The van der Waals surface area contributed by atoms with Crippen LogP contribution in [0.3, 0.4) is 0 Å². The second-order valence-corrected chi connectivity index (χ2v) is 7.04. The number of nitrogens with zero attached hydrogens (tertiary/aromatic N) is 3. The fourth-order valence-electron chi connectivity index (χ4n) is 2.78. The van der Waals surface area contributed by atoms with Gasteiger partial charge in [0, 0.05) is 30.9 Å². The Labute approximate surface area is 144 Å². The Hall–Kier alpha value is -2.47. The van der Waals surface area contributed by atoms with E-state index in [-0.39, 0.29) is 11.8 Å². The second-order valence-electron chi connectivity index (χ2n) is 6.04. The average molecular weight is 338 g/mol. The zero-order chi connectivity index (χ0) is 16.5. The van der Waals surface area contributed by atoms with E-state index in [0.29, 0.717) is 5.13 Å². The number of aryl methyl sites for hydroxylation is 1. The van der Waals surface area contributed by atoms with E-state index >= 15 is 0 Å². The molecule has 1 aliphatic carbocycles. The molecule has 2 aromatic heterocycles. The molecule has 1 N–H and O–H groups in total. The monoisotopic (exact) mass is 338 g/mol. The normalized spacial score (nSPS) is 14.4. The molecule has 2 heterocycles. The predicted molar refractivity (Wildman–Crippen MR) is 95.7 cm³/mol. The van der Waals surface area contributed by atoms with Gasteiger partial charge in [-0.2, -0.15) is 0 Å². The van der Waals surface area contributed by atoms with Gasteiger partial charge in [-0.25, -0.2) is 9.97 Å². The standard InChI is InChI=1S/C18H18N4OS/c1-22-11-10-19-16(22)15-14(12-6-3-2-4-7-12)20-18(24-15)21-17(23)13-8-5-9-13/h2-4,6-7,10-11,13H,5,8-9H2,1H3,(H,20,21,23). The molecule has 0 aliphatic heterocycles. The van der Waals surface area contributed by atoms with Crippen LogP contribution in [0.15, 0.2) is 42.7 Å². The molecule has 122 valence electrons. The smallest absolute Gasteiger partial charge is 0.229 e. The van der Waals surface area contributed by atoms with Crippen LogP contribution in [0, 0.1) is 5.92 Å². The van der Waals surface area contributed by atoms with Crippen LogP contribution in [-0.2, 0) is 11.8 Å². The maximum absolute atomic E-state index is 12.2. The third-order valence-electron chi connectivity index (χ3n) is 4.40. The Balaban J connectivity index is 1.73. The Kier molecular flexibility index (Phi) is 3.90. The van der Waals surface area contributed by atoms with Crippen molar-refractivity contribution in [3.05, 3.63) is 42.7 Å². The fourth-order valence-corrected chi connectivity index (χ4v) is 3.81. The minimum atomic E-state index is 0.0843. The first-order valence-electron chi connectivity index (χ1n) is 8.07. The van der Waals surface area contributed by atoms with Crippen molar-refractivity contribution in [1.82, 2.24) is 14.5 Å². The van der Waals surface area contributed by atoms with Crippen LogP contribution in [0.2, 0.25) is 0 Å². The molecular weight excluding hydrogens is 320 g/mol. The van der Waals surface area contributed by atoms with Crippen molar-refractivity contribution in [2.45, 2.75) is 19.3 Å². The van der Waals surface area contributed by atoms with E-state index in [9.17, 15) is 4.79 Å². The van der Waals surface area contributed by atoms with E-state index in [1.807, 2.05) is 48.1 Å². The molecule has 0 unspecified atom stereocenters. The first-order chi connectivity index (χ1) is 11.7. The van der Waals surface area contributed by atoms with Crippen molar-refractivity contribution in [2.24, 2.45) is 13.0 Å². The van der Waals surface area contributed by atoms with Gasteiger partial charge in [0.05, 0.1) is 10.6 Å². The van der Waals surface area contributed by atoms with Gasteiger partial charge in [-0.15, -0.1) is 0 Å². The van der Waals surface area contributed by atoms with Gasteiger partial charge in [0.15, 0.2) is 11.0 Å². The topological polar surface area (TPSA) is 59.8 Å². The molecule has 1 amide bonds. The molecule has 0 atom stereocenters. The number of aromatic nitrogens is 3. The largest absolute Gasteiger partial charge is 0.333 e. The van der Waals surface area contributed by atoms with Gasteiger partial charge < -0.3 is 9.88 Å². The highest BCUT2D eigenvalue weighted by molar-refractivity contribution is 7.19. The molecule has 3 aromatic rings. The number of nitrogens with one attached hydrogen (secondary N) is 1. The van der Waals surface area contributed by atoms with Gasteiger partial charge in [-0.05, 0) is 12.8 Å². The zero-order valence-corrected chi connectivity index (χ0v) is 14.2. The van der Waals surface area contributed by atoms with Crippen molar-refractivity contribution in [2.75, 3.05) is 5.32 Å². The lowest BCUT2D eigenvalue weighted by Gasteiger charge is -2.23. The number of carbonyl (C=O) groups is 1. The van der Waals surface area contributed by atoms with Gasteiger partial charge in [0.25, 0.3) is 0 Å². The number of rotatable bonds is 4. The summed E-state index contributed by atoms with van der Waals surface area (Å²) in [6, 6.07) is 10.0. The minimum Gasteiger partial charge on any atom is -0.333 e. The summed E-state index contributed by atoms with van der Waals surface area (Å²) < 4.78 is 1.97. The van der Waals surface area contributed by atoms with E-state index < -0.39 is 0 Å². The van der Waals surface area contributed by atoms with Gasteiger partial charge >= 0.3 is 0 Å². The summed E-state index contributed by atoms with van der Waals surface area (Å²) in [6.45, 7) is 0. The first-order valence-corrected chi connectivity index (χ1v) is 8.89. The Bertz CT molecular complexity index is 864. The van der Waals surface area contributed by atoms with Crippen LogP contribution in [0.4, 0.5) is 5.13 Å². The Morgan fingerprint density at radius 2 is 2.08 bits per heavy atom. The Morgan fingerprint density at radius 1 is 1.29 bits per heavy atom. The number of amides is 1. The number of carbonyl (C=O) groups excluding carboxylic acids is 1. The zero-order valence-electron chi connectivity index (χ0n) is 13.4. The van der Waals surface area contributed by atoms with Gasteiger partial charge in [0.2, 0.25) is 5.91 Å². The van der Waals surface area contributed by atoms with Crippen molar-refractivity contribution in [3.63, 3.8) is 0 Å². The van der Waals surface area contributed by atoms with Crippen molar-refractivity contribution in [1.29, 1.82) is 0 Å². The fraction of sp³-hybridized carbons (Fsp3) is 0.278. The third kappa shape index (κ3) is 2.73. The number of imidazole rings is 1. The molecule has 1 saturated carbocycles. The summed E-state index contributed by atoms with van der Waals surface area (Å²) in [7, 11) is 1.96. The highest BCUT2D eigenvalue weighted by Crippen LogP contribution is 2.38. The highest BCUT2D eigenvalue weighted by Gasteiger charge is 2.27. The highest BCUT2D eigenvalue weighted by atomic mass is 32.1. The van der Waals surface area contributed by atoms with Gasteiger partial charge in [-0.1, -0.05) is 48.1 Å². The molecule has 0 radical (unpaired) electrons. The van der Waals surface area contributed by atoms with Gasteiger partial charge in [0.1, 0.15) is 0 Å². The molecule has 1 fully saturated rings. The lowest BCUT2D eigenvalue weighted by Crippen LogP contribution is -2.27. The summed E-state index contributed by atoms with van der Waals surface area (Å²) in [5.41, 5.74) is 1.88. The van der Waals surface area contributed by atoms with Crippen molar-refractivity contribution >= 4 is 22.4 Å². The molecule has 1 aromatic carbocycles. The predicted octanol–water partition coefficient (Wildman–Crippen LogP) is 3.95. The van der Waals surface area contributed by atoms with Crippen LogP contribution < -0.4 is 5.32 Å². The van der Waals surface area contributed by atoms with Crippen LogP contribution in [0.25, 0.3) is 22.0 Å². The SMILES string of the molecule is Cn1ccnc1-c1sc(NC(=O)C2CCC2)nc1-c1ccccc1. The lowest BCUT2D eigenvalue weighted by atomic mass is 9.85. The second kappa shape index (κ2) is 6.20. The van der Waals surface area contributed by atoms with Crippen molar-refractivity contribution < 1.29 is 4.79 Å². The average Bonchev–Trinajstić information content (AvgIpc) is 3.12. The number of anilines is 1. The van der Waals surface area contributed by atoms with Crippen LogP contribution in [-0.4, -0.2) is 20.4 Å². The summed E-state index contributed by atoms with van der Waals surface area (Å²) in [4.78, 5) is 22.3. The number of hydrogen-bond acceptors (Lipinski definition) is 4. The summed E-state index contributed by atoms with van der Waals surface area (Å²) >= 11 is 1.48. The number of hydrogen-bond donors (Lipinski definition) is 1. The van der Waals surface area contributed by atoms with E-state index in [0.717, 1.165) is 41.2 Å². The summed E-state index contributed by atoms with van der Waals surface area (Å²) in [5.74, 6) is 1.09. The van der Waals surface area contributed by atoms with Gasteiger partial charge in [-0.3, -0.25) is 4.79 Å². The maximum atomic E-state index is 12.2. The first kappa shape index (κ1) is 15.1. The molecule has 6 heteroatoms. The molecule has 4 rings (SSSR count). The maximum Gasteiger partial charge on any atom is 0.229 e. The molecule has 0 saturated heterocycles. The van der Waals surface area contributed by atoms with Crippen LogP contribution in [0.5, 0.6) is 0 Å². The van der Waals surface area contributed by atoms with Crippen molar-refractivity contribution in [3.8, 4) is 22.0 Å². The van der Waals surface area contributed by atoms with E-state index in [4.69, 9.17) is 4.98 Å². The number of thiazole rings is 1. The van der Waals surface area contributed by atoms with E-state index in [1.165, 1.54) is 11.3 Å². The molecule has 0 bridgehead atoms. The van der Waals surface area contributed by atoms with E-state index in [1.54, 1.807) is 6.20 Å². The molecule has 5 nitrogen and oxygen atoms in total.